The minimum atomic E-state index is -0.0554. The van der Waals surface area contributed by atoms with Crippen LogP contribution in [0.15, 0.2) is 30.3 Å². The zero-order valence-electron chi connectivity index (χ0n) is 13.1. The van der Waals surface area contributed by atoms with Gasteiger partial charge in [0.2, 0.25) is 0 Å². The molecule has 0 saturated carbocycles. The van der Waals surface area contributed by atoms with E-state index in [1.54, 1.807) is 4.90 Å². The summed E-state index contributed by atoms with van der Waals surface area (Å²) in [5.41, 5.74) is 5.55. The van der Waals surface area contributed by atoms with Gasteiger partial charge in [-0.2, -0.15) is 5.10 Å². The van der Waals surface area contributed by atoms with Gasteiger partial charge < -0.3 is 5.32 Å². The minimum absolute atomic E-state index is 0.0554. The third-order valence-electron chi connectivity index (χ3n) is 4.14. The standard InChI is InChI=1S/C17H17N5O/c1-10-7-15(16-8-11(2)20-21-16)19-14-9-12(3-4-13(10)14)22-6-5-18-17(22)23/h3-4,7-9H,5-6H2,1-2H3,(H,18,23)(H,20,21). The molecule has 2 amide bonds. The van der Waals surface area contributed by atoms with Crippen molar-refractivity contribution < 1.29 is 4.79 Å². The van der Waals surface area contributed by atoms with Crippen molar-refractivity contribution in [3.63, 3.8) is 0 Å². The van der Waals surface area contributed by atoms with Crippen LogP contribution < -0.4 is 10.2 Å². The summed E-state index contributed by atoms with van der Waals surface area (Å²) in [5.74, 6) is 0. The van der Waals surface area contributed by atoms with E-state index in [4.69, 9.17) is 4.98 Å². The van der Waals surface area contributed by atoms with Gasteiger partial charge in [0.05, 0.1) is 11.2 Å². The number of hydrogen-bond acceptors (Lipinski definition) is 3. The largest absolute Gasteiger partial charge is 0.336 e. The minimum Gasteiger partial charge on any atom is -0.336 e. The van der Waals surface area contributed by atoms with Gasteiger partial charge in [0.15, 0.2) is 0 Å². The third-order valence-corrected chi connectivity index (χ3v) is 4.14. The molecule has 3 aromatic rings. The van der Waals surface area contributed by atoms with Crippen LogP contribution in [0.3, 0.4) is 0 Å². The molecule has 1 aliphatic heterocycles. The number of fused-ring (bicyclic) bond motifs is 1. The first kappa shape index (κ1) is 13.8. The molecule has 116 valence electrons. The number of pyridine rings is 1. The van der Waals surface area contributed by atoms with Gasteiger partial charge in [-0.05, 0) is 43.7 Å². The highest BCUT2D eigenvalue weighted by Crippen LogP contribution is 2.27. The average molecular weight is 307 g/mol. The molecule has 2 aromatic heterocycles. The van der Waals surface area contributed by atoms with Crippen molar-refractivity contribution >= 4 is 22.6 Å². The van der Waals surface area contributed by atoms with Crippen molar-refractivity contribution in [2.45, 2.75) is 13.8 Å². The molecule has 0 spiro atoms. The van der Waals surface area contributed by atoms with Crippen LogP contribution in [-0.4, -0.2) is 34.3 Å². The van der Waals surface area contributed by atoms with Crippen LogP contribution in [0.5, 0.6) is 0 Å². The highest BCUT2D eigenvalue weighted by Gasteiger charge is 2.21. The Hall–Kier alpha value is -2.89. The Labute approximate surface area is 133 Å². The van der Waals surface area contributed by atoms with Crippen molar-refractivity contribution in [3.8, 4) is 11.4 Å². The van der Waals surface area contributed by atoms with E-state index in [9.17, 15) is 4.79 Å². The SMILES string of the molecule is Cc1cc(-c2cc(C)c3ccc(N4CCNC4=O)cc3n2)n[nH]1. The second-order valence-electron chi connectivity index (χ2n) is 5.85. The number of aromatic nitrogens is 3. The molecule has 4 rings (SSSR count). The van der Waals surface area contributed by atoms with Crippen LogP contribution in [0, 0.1) is 13.8 Å². The monoisotopic (exact) mass is 307 g/mol. The normalized spacial score (nSPS) is 14.5. The van der Waals surface area contributed by atoms with Crippen molar-refractivity contribution in [1.82, 2.24) is 20.5 Å². The van der Waals surface area contributed by atoms with E-state index >= 15 is 0 Å². The highest BCUT2D eigenvalue weighted by atomic mass is 16.2. The maximum absolute atomic E-state index is 11.8. The summed E-state index contributed by atoms with van der Waals surface area (Å²) in [4.78, 5) is 18.3. The molecule has 3 heterocycles. The summed E-state index contributed by atoms with van der Waals surface area (Å²) in [5, 5.41) is 11.1. The van der Waals surface area contributed by atoms with Crippen LogP contribution in [0.25, 0.3) is 22.3 Å². The summed E-state index contributed by atoms with van der Waals surface area (Å²) < 4.78 is 0. The first-order valence-electron chi connectivity index (χ1n) is 7.61. The Kier molecular flexibility index (Phi) is 3.04. The first-order valence-corrected chi connectivity index (χ1v) is 7.61. The number of rotatable bonds is 2. The predicted molar refractivity (Wildman–Crippen MR) is 89.5 cm³/mol. The van der Waals surface area contributed by atoms with Crippen molar-refractivity contribution in [2.75, 3.05) is 18.0 Å². The number of H-pyrrole nitrogens is 1. The van der Waals surface area contributed by atoms with Gasteiger partial charge in [-0.3, -0.25) is 10.00 Å². The number of nitrogens with zero attached hydrogens (tertiary/aromatic N) is 3. The summed E-state index contributed by atoms with van der Waals surface area (Å²) in [6.07, 6.45) is 0. The van der Waals surface area contributed by atoms with E-state index in [1.807, 2.05) is 37.3 Å². The Morgan fingerprint density at radius 3 is 2.70 bits per heavy atom. The van der Waals surface area contributed by atoms with Gasteiger partial charge in [-0.25, -0.2) is 9.78 Å². The van der Waals surface area contributed by atoms with Crippen LogP contribution in [0.4, 0.5) is 10.5 Å². The molecule has 1 saturated heterocycles. The number of nitrogens with one attached hydrogen (secondary N) is 2. The number of amides is 2. The van der Waals surface area contributed by atoms with Crippen LogP contribution >= 0.6 is 0 Å². The Morgan fingerprint density at radius 2 is 2.00 bits per heavy atom. The van der Waals surface area contributed by atoms with E-state index in [-0.39, 0.29) is 6.03 Å². The van der Waals surface area contributed by atoms with E-state index < -0.39 is 0 Å². The molecule has 0 atom stereocenters. The number of aromatic amines is 1. The van der Waals surface area contributed by atoms with Gasteiger partial charge in [0.1, 0.15) is 5.69 Å². The number of benzene rings is 1. The second kappa shape index (κ2) is 5.08. The lowest BCUT2D eigenvalue weighted by Crippen LogP contribution is -2.27. The number of carbonyl (C=O) groups is 1. The quantitative estimate of drug-likeness (QED) is 0.764. The second-order valence-corrected chi connectivity index (χ2v) is 5.85. The lowest BCUT2D eigenvalue weighted by atomic mass is 10.1. The van der Waals surface area contributed by atoms with Crippen molar-refractivity contribution in [2.24, 2.45) is 0 Å². The molecule has 0 bridgehead atoms. The first-order chi connectivity index (χ1) is 11.1. The molecular weight excluding hydrogens is 290 g/mol. The van der Waals surface area contributed by atoms with E-state index in [2.05, 4.69) is 22.4 Å². The van der Waals surface area contributed by atoms with E-state index in [1.165, 1.54) is 0 Å². The average Bonchev–Trinajstić information content (AvgIpc) is 3.15. The smallest absolute Gasteiger partial charge is 0.321 e. The van der Waals surface area contributed by atoms with E-state index in [0.717, 1.165) is 39.2 Å². The van der Waals surface area contributed by atoms with Gasteiger partial charge in [0.25, 0.3) is 0 Å². The molecule has 0 unspecified atom stereocenters. The molecule has 23 heavy (non-hydrogen) atoms. The lowest BCUT2D eigenvalue weighted by Gasteiger charge is -2.15. The lowest BCUT2D eigenvalue weighted by molar-refractivity contribution is 0.252. The van der Waals surface area contributed by atoms with Gasteiger partial charge >= 0.3 is 6.03 Å². The van der Waals surface area contributed by atoms with Gasteiger partial charge in [0, 0.05) is 29.9 Å². The Bertz CT molecular complexity index is 914. The molecule has 1 aliphatic rings. The molecule has 1 aromatic carbocycles. The van der Waals surface area contributed by atoms with Crippen LogP contribution in [0.1, 0.15) is 11.3 Å². The number of carbonyl (C=O) groups excluding carboxylic acids is 1. The summed E-state index contributed by atoms with van der Waals surface area (Å²) >= 11 is 0. The molecule has 2 N–H and O–H groups in total. The molecule has 6 heteroatoms. The zero-order chi connectivity index (χ0) is 16.0. The number of aryl methyl sites for hydroxylation is 2. The van der Waals surface area contributed by atoms with Gasteiger partial charge in [-0.15, -0.1) is 0 Å². The zero-order valence-corrected chi connectivity index (χ0v) is 13.1. The molecule has 1 fully saturated rings. The Morgan fingerprint density at radius 1 is 1.13 bits per heavy atom. The summed E-state index contributed by atoms with van der Waals surface area (Å²) in [7, 11) is 0. The van der Waals surface area contributed by atoms with Crippen molar-refractivity contribution in [1.29, 1.82) is 0 Å². The fourth-order valence-corrected chi connectivity index (χ4v) is 2.96. The fraction of sp³-hybridized carbons (Fsp3) is 0.235. The summed E-state index contributed by atoms with van der Waals surface area (Å²) in [6.45, 7) is 5.39. The molecule has 0 aliphatic carbocycles. The van der Waals surface area contributed by atoms with E-state index in [0.29, 0.717) is 13.1 Å². The maximum atomic E-state index is 11.8. The van der Waals surface area contributed by atoms with Crippen LogP contribution in [0.2, 0.25) is 0 Å². The Balaban J connectivity index is 1.84. The van der Waals surface area contributed by atoms with Crippen LogP contribution in [-0.2, 0) is 0 Å². The predicted octanol–water partition coefficient (Wildman–Crippen LogP) is 2.77. The van der Waals surface area contributed by atoms with Crippen molar-refractivity contribution in [3.05, 3.63) is 41.6 Å². The third kappa shape index (κ3) is 2.32. The highest BCUT2D eigenvalue weighted by molar-refractivity contribution is 5.97. The number of urea groups is 1. The fourth-order valence-electron chi connectivity index (χ4n) is 2.96. The molecule has 0 radical (unpaired) electrons. The number of anilines is 1. The molecular formula is C17H17N5O. The number of hydrogen-bond donors (Lipinski definition) is 2. The van der Waals surface area contributed by atoms with Gasteiger partial charge in [-0.1, -0.05) is 6.07 Å². The topological polar surface area (TPSA) is 73.9 Å². The molecule has 6 nitrogen and oxygen atoms in total. The summed E-state index contributed by atoms with van der Waals surface area (Å²) in [6, 6.07) is 9.93. The maximum Gasteiger partial charge on any atom is 0.321 e.